The van der Waals surface area contributed by atoms with Gasteiger partial charge in [0.25, 0.3) is 0 Å². The van der Waals surface area contributed by atoms with E-state index < -0.39 is 0 Å². The summed E-state index contributed by atoms with van der Waals surface area (Å²) >= 11 is 0. The van der Waals surface area contributed by atoms with Crippen molar-refractivity contribution < 1.29 is 0 Å². The van der Waals surface area contributed by atoms with Gasteiger partial charge in [0.15, 0.2) is 11.8 Å². The molecule has 1 aromatic heterocycles. The molecule has 0 fully saturated rings. The van der Waals surface area contributed by atoms with E-state index in [1.165, 1.54) is 0 Å². The molecule has 66 valence electrons. The van der Waals surface area contributed by atoms with Crippen molar-refractivity contribution in [2.45, 2.75) is 6.54 Å². The second kappa shape index (κ2) is 3.70. The number of aromatic nitrogens is 3. The lowest BCUT2D eigenvalue weighted by Gasteiger charge is -2.02. The van der Waals surface area contributed by atoms with Gasteiger partial charge in [0, 0.05) is 14.1 Å². The van der Waals surface area contributed by atoms with Crippen molar-refractivity contribution in [1.82, 2.24) is 20.1 Å². The van der Waals surface area contributed by atoms with Gasteiger partial charge in [-0.05, 0) is 0 Å². The van der Waals surface area contributed by atoms with Crippen molar-refractivity contribution in [3.05, 3.63) is 12.2 Å². The zero-order valence-corrected chi connectivity index (χ0v) is 7.15. The summed E-state index contributed by atoms with van der Waals surface area (Å²) in [7, 11) is 3.50. The van der Waals surface area contributed by atoms with Crippen LogP contribution in [0.3, 0.4) is 0 Å². The first-order chi connectivity index (χ1) is 5.74. The Hall–Kier alpha value is -1.59. The summed E-state index contributed by atoms with van der Waals surface area (Å²) in [6.45, 7) is 0.541. The lowest BCUT2D eigenvalue weighted by molar-refractivity contribution is 0.745. The Labute approximate surface area is 70.5 Å². The van der Waals surface area contributed by atoms with Crippen molar-refractivity contribution in [2.75, 3.05) is 7.05 Å². The van der Waals surface area contributed by atoms with Crippen LogP contribution in [0.15, 0.2) is 11.3 Å². The molecule has 0 unspecified atom stereocenters. The van der Waals surface area contributed by atoms with Gasteiger partial charge < -0.3 is 15.6 Å². The number of aliphatic imine (C=N–C) groups is 1. The summed E-state index contributed by atoms with van der Waals surface area (Å²) in [5, 5.41) is 10.5. The number of rotatable bonds is 2. The highest BCUT2D eigenvalue weighted by atomic mass is 15.3. The van der Waals surface area contributed by atoms with Crippen LogP contribution < -0.4 is 11.1 Å². The first-order valence-corrected chi connectivity index (χ1v) is 3.53. The van der Waals surface area contributed by atoms with Crippen molar-refractivity contribution in [1.29, 1.82) is 0 Å². The molecule has 0 saturated carbocycles. The van der Waals surface area contributed by atoms with E-state index >= 15 is 0 Å². The molecule has 1 rings (SSSR count). The Morgan fingerprint density at radius 2 is 2.58 bits per heavy atom. The highest BCUT2D eigenvalue weighted by Crippen LogP contribution is 1.88. The minimum Gasteiger partial charge on any atom is -0.370 e. The van der Waals surface area contributed by atoms with Gasteiger partial charge in [0.1, 0.15) is 6.33 Å². The zero-order valence-electron chi connectivity index (χ0n) is 7.15. The van der Waals surface area contributed by atoms with Crippen LogP contribution in [0.4, 0.5) is 0 Å². The van der Waals surface area contributed by atoms with Crippen LogP contribution in [0.2, 0.25) is 0 Å². The molecule has 0 aliphatic rings. The third kappa shape index (κ3) is 1.94. The van der Waals surface area contributed by atoms with E-state index in [9.17, 15) is 0 Å². The first kappa shape index (κ1) is 8.51. The normalized spacial score (nSPS) is 11.7. The standard InChI is InChI=1S/C6H12N6/c1-8-6(7)9-3-5-11-10-4-12(5)2/h4H,3H2,1-2H3,(H3,7,8,9). The Bertz CT molecular complexity index is 275. The highest BCUT2D eigenvalue weighted by molar-refractivity contribution is 5.77. The molecule has 0 amide bonds. The van der Waals surface area contributed by atoms with Crippen molar-refractivity contribution in [3.8, 4) is 0 Å². The van der Waals surface area contributed by atoms with Crippen molar-refractivity contribution in [2.24, 2.45) is 17.8 Å². The number of hydrogen-bond donors (Lipinski definition) is 2. The number of aryl methyl sites for hydroxylation is 1. The van der Waals surface area contributed by atoms with Gasteiger partial charge >= 0.3 is 0 Å². The zero-order chi connectivity index (χ0) is 8.97. The molecule has 0 atom stereocenters. The van der Waals surface area contributed by atoms with Crippen LogP contribution in [0.1, 0.15) is 5.82 Å². The fourth-order valence-electron chi connectivity index (χ4n) is 0.716. The maximum absolute atomic E-state index is 5.42. The SMILES string of the molecule is CN=C(N)NCc1nncn1C. The quantitative estimate of drug-likeness (QED) is 0.431. The molecular weight excluding hydrogens is 156 g/mol. The lowest BCUT2D eigenvalue weighted by atomic mass is 10.6. The number of nitrogens with two attached hydrogens (primary N) is 1. The third-order valence-corrected chi connectivity index (χ3v) is 1.47. The molecule has 0 aromatic carbocycles. The second-order valence-electron chi connectivity index (χ2n) is 2.32. The van der Waals surface area contributed by atoms with Crippen LogP contribution >= 0.6 is 0 Å². The van der Waals surface area contributed by atoms with Gasteiger partial charge in [-0.2, -0.15) is 0 Å². The van der Waals surface area contributed by atoms with Crippen LogP contribution in [0, 0.1) is 0 Å². The van der Waals surface area contributed by atoms with E-state index in [2.05, 4.69) is 20.5 Å². The maximum Gasteiger partial charge on any atom is 0.188 e. The fraction of sp³-hybridized carbons (Fsp3) is 0.500. The maximum atomic E-state index is 5.42. The molecular formula is C6H12N6. The monoisotopic (exact) mass is 168 g/mol. The summed E-state index contributed by atoms with van der Waals surface area (Å²) in [4.78, 5) is 3.74. The van der Waals surface area contributed by atoms with Gasteiger partial charge in [-0.1, -0.05) is 0 Å². The molecule has 0 radical (unpaired) electrons. The fourth-order valence-corrected chi connectivity index (χ4v) is 0.716. The summed E-state index contributed by atoms with van der Waals surface area (Å²) in [5.41, 5.74) is 5.42. The Balaban J connectivity index is 2.49. The van der Waals surface area contributed by atoms with E-state index in [0.29, 0.717) is 12.5 Å². The van der Waals surface area contributed by atoms with E-state index in [0.717, 1.165) is 5.82 Å². The molecule has 6 nitrogen and oxygen atoms in total. The average molecular weight is 168 g/mol. The number of nitrogens with one attached hydrogen (secondary N) is 1. The second-order valence-corrected chi connectivity index (χ2v) is 2.32. The lowest BCUT2D eigenvalue weighted by Crippen LogP contribution is -2.31. The molecule has 0 saturated heterocycles. The topological polar surface area (TPSA) is 81.1 Å². The van der Waals surface area contributed by atoms with Crippen LogP contribution in [0.5, 0.6) is 0 Å². The Morgan fingerprint density at radius 3 is 3.08 bits per heavy atom. The van der Waals surface area contributed by atoms with Gasteiger partial charge in [-0.3, -0.25) is 4.99 Å². The number of guanidine groups is 1. The van der Waals surface area contributed by atoms with Gasteiger partial charge in [-0.25, -0.2) is 0 Å². The number of hydrogen-bond acceptors (Lipinski definition) is 3. The number of nitrogens with zero attached hydrogens (tertiary/aromatic N) is 4. The van der Waals surface area contributed by atoms with Gasteiger partial charge in [0.05, 0.1) is 6.54 Å². The molecule has 1 aromatic rings. The highest BCUT2D eigenvalue weighted by Gasteiger charge is 1.98. The molecule has 12 heavy (non-hydrogen) atoms. The largest absolute Gasteiger partial charge is 0.370 e. The Morgan fingerprint density at radius 1 is 1.83 bits per heavy atom. The van der Waals surface area contributed by atoms with Crippen LogP contribution in [-0.2, 0) is 13.6 Å². The molecule has 6 heteroatoms. The van der Waals surface area contributed by atoms with Gasteiger partial charge in [0.2, 0.25) is 0 Å². The van der Waals surface area contributed by atoms with E-state index in [-0.39, 0.29) is 0 Å². The first-order valence-electron chi connectivity index (χ1n) is 3.53. The van der Waals surface area contributed by atoms with Crippen LogP contribution in [0.25, 0.3) is 0 Å². The summed E-state index contributed by atoms with van der Waals surface area (Å²) in [6.07, 6.45) is 1.64. The summed E-state index contributed by atoms with van der Waals surface area (Å²) in [5.74, 6) is 1.22. The van der Waals surface area contributed by atoms with E-state index in [1.807, 2.05) is 11.6 Å². The minimum atomic E-state index is 0.401. The smallest absolute Gasteiger partial charge is 0.188 e. The molecule has 0 aliphatic carbocycles. The predicted molar refractivity (Wildman–Crippen MR) is 45.4 cm³/mol. The average Bonchev–Trinajstić information content (AvgIpc) is 2.47. The third-order valence-electron chi connectivity index (χ3n) is 1.47. The molecule has 0 spiro atoms. The van der Waals surface area contributed by atoms with E-state index in [1.54, 1.807) is 13.4 Å². The molecule has 0 bridgehead atoms. The van der Waals surface area contributed by atoms with Crippen molar-refractivity contribution >= 4 is 5.96 Å². The molecule has 3 N–H and O–H groups in total. The summed E-state index contributed by atoms with van der Waals surface area (Å²) in [6, 6.07) is 0. The molecule has 1 heterocycles. The Kier molecular flexibility index (Phi) is 2.62. The van der Waals surface area contributed by atoms with Crippen LogP contribution in [-0.4, -0.2) is 27.8 Å². The minimum absolute atomic E-state index is 0.401. The van der Waals surface area contributed by atoms with Gasteiger partial charge in [-0.15, -0.1) is 10.2 Å². The predicted octanol–water partition coefficient (Wildman–Crippen LogP) is -1.15. The summed E-state index contributed by atoms with van der Waals surface area (Å²) < 4.78 is 1.82. The van der Waals surface area contributed by atoms with E-state index in [4.69, 9.17) is 5.73 Å². The van der Waals surface area contributed by atoms with Crippen molar-refractivity contribution in [3.63, 3.8) is 0 Å². The molecule has 0 aliphatic heterocycles.